The molecule has 1 aromatic carbocycles. The van der Waals surface area contributed by atoms with E-state index in [0.29, 0.717) is 19.0 Å². The molecule has 0 aliphatic carbocycles. The van der Waals surface area contributed by atoms with Crippen LogP contribution in [0.15, 0.2) is 36.7 Å². The van der Waals surface area contributed by atoms with E-state index in [9.17, 15) is 30.1 Å². The molecule has 0 spiro atoms. The van der Waals surface area contributed by atoms with Crippen LogP contribution in [0.4, 0.5) is 11.4 Å². The first-order chi connectivity index (χ1) is 11.4. The van der Waals surface area contributed by atoms with Gasteiger partial charge in [-0.3, -0.25) is 25.0 Å². The van der Waals surface area contributed by atoms with Crippen molar-refractivity contribution in [3.63, 3.8) is 0 Å². The summed E-state index contributed by atoms with van der Waals surface area (Å²) >= 11 is 0. The number of hydrogen-bond acceptors (Lipinski definition) is 6. The predicted octanol–water partition coefficient (Wildman–Crippen LogP) is 1.83. The number of hydrogen-bond donors (Lipinski definition) is 2. The number of non-ortho nitro benzene ring substituents is 1. The van der Waals surface area contributed by atoms with Gasteiger partial charge in [0.25, 0.3) is 11.6 Å². The van der Waals surface area contributed by atoms with E-state index in [1.165, 1.54) is 0 Å². The Morgan fingerprint density at radius 3 is 2.42 bits per heavy atom. The standard InChI is InChI=1S/C14H14N4O6/c19-13-11(8-10(17(21)22)9-12(13)18(23)24)14(20)15-4-3-7-16-5-1-2-6-16/h1-2,5-6,8-9,19H,3-4,7H2,(H,15,20). The van der Waals surface area contributed by atoms with Crippen molar-refractivity contribution in [2.75, 3.05) is 6.54 Å². The molecule has 0 saturated heterocycles. The van der Waals surface area contributed by atoms with Crippen LogP contribution in [0.25, 0.3) is 0 Å². The van der Waals surface area contributed by atoms with Gasteiger partial charge in [0.1, 0.15) is 0 Å². The molecule has 126 valence electrons. The molecule has 0 bridgehead atoms. The Kier molecular flexibility index (Phi) is 5.09. The minimum atomic E-state index is -0.981. The summed E-state index contributed by atoms with van der Waals surface area (Å²) in [5.74, 6) is -1.71. The second-order valence-electron chi connectivity index (χ2n) is 4.91. The number of nitro groups is 2. The van der Waals surface area contributed by atoms with E-state index in [4.69, 9.17) is 0 Å². The lowest BCUT2D eigenvalue weighted by atomic mass is 10.1. The lowest BCUT2D eigenvalue weighted by Crippen LogP contribution is -2.25. The van der Waals surface area contributed by atoms with Crippen LogP contribution in [-0.4, -0.2) is 32.0 Å². The number of nitro benzene ring substituents is 2. The molecule has 0 unspecified atom stereocenters. The maximum Gasteiger partial charge on any atom is 0.318 e. The number of phenols is 1. The highest BCUT2D eigenvalue weighted by Crippen LogP contribution is 2.34. The molecule has 24 heavy (non-hydrogen) atoms. The summed E-state index contributed by atoms with van der Waals surface area (Å²) in [6, 6.07) is 5.14. The van der Waals surface area contributed by atoms with E-state index in [1.807, 2.05) is 29.1 Å². The predicted molar refractivity (Wildman–Crippen MR) is 82.8 cm³/mol. The Morgan fingerprint density at radius 2 is 1.83 bits per heavy atom. The molecule has 0 radical (unpaired) electrons. The summed E-state index contributed by atoms with van der Waals surface area (Å²) in [6.45, 7) is 0.890. The molecule has 0 aliphatic rings. The molecular weight excluding hydrogens is 320 g/mol. The molecule has 0 aliphatic heterocycles. The summed E-state index contributed by atoms with van der Waals surface area (Å²) in [6.07, 6.45) is 4.30. The minimum absolute atomic E-state index is 0.243. The second-order valence-corrected chi connectivity index (χ2v) is 4.91. The molecule has 0 fully saturated rings. The van der Waals surface area contributed by atoms with E-state index >= 15 is 0 Å². The number of aryl methyl sites for hydroxylation is 1. The molecule has 2 rings (SSSR count). The van der Waals surface area contributed by atoms with Crippen molar-refractivity contribution in [2.24, 2.45) is 0 Å². The molecule has 1 amide bonds. The van der Waals surface area contributed by atoms with Gasteiger partial charge in [0, 0.05) is 31.5 Å². The zero-order valence-corrected chi connectivity index (χ0v) is 12.4. The number of carbonyl (C=O) groups excluding carboxylic acids is 1. The largest absolute Gasteiger partial charge is 0.502 e. The van der Waals surface area contributed by atoms with Crippen LogP contribution in [0.1, 0.15) is 16.8 Å². The molecule has 0 saturated carbocycles. The maximum atomic E-state index is 12.1. The number of aromatic nitrogens is 1. The summed E-state index contributed by atoms with van der Waals surface area (Å²) < 4.78 is 1.90. The fourth-order valence-electron chi connectivity index (χ4n) is 2.10. The Morgan fingerprint density at radius 1 is 1.17 bits per heavy atom. The van der Waals surface area contributed by atoms with Crippen molar-refractivity contribution < 1.29 is 19.7 Å². The quantitative estimate of drug-likeness (QED) is 0.449. The first-order valence-corrected chi connectivity index (χ1v) is 6.95. The van der Waals surface area contributed by atoms with Gasteiger partial charge >= 0.3 is 5.69 Å². The van der Waals surface area contributed by atoms with Crippen molar-refractivity contribution in [3.05, 3.63) is 62.5 Å². The van der Waals surface area contributed by atoms with Crippen LogP contribution in [0.5, 0.6) is 5.75 Å². The van der Waals surface area contributed by atoms with Gasteiger partial charge in [-0.2, -0.15) is 0 Å². The monoisotopic (exact) mass is 334 g/mol. The number of phenolic OH excluding ortho intramolecular Hbond substituents is 1. The van der Waals surface area contributed by atoms with Gasteiger partial charge in [-0.25, -0.2) is 0 Å². The number of carbonyl (C=O) groups is 1. The first-order valence-electron chi connectivity index (χ1n) is 6.95. The van der Waals surface area contributed by atoms with E-state index in [0.717, 1.165) is 6.07 Å². The molecule has 0 atom stereocenters. The smallest absolute Gasteiger partial charge is 0.318 e. The Hall–Kier alpha value is -3.43. The topological polar surface area (TPSA) is 141 Å². The van der Waals surface area contributed by atoms with Crippen molar-refractivity contribution in [1.82, 2.24) is 9.88 Å². The first kappa shape index (κ1) is 16.9. The third kappa shape index (κ3) is 3.85. The fraction of sp³-hybridized carbons (Fsp3) is 0.214. The highest BCUT2D eigenvalue weighted by Gasteiger charge is 2.26. The van der Waals surface area contributed by atoms with Crippen molar-refractivity contribution in [3.8, 4) is 5.75 Å². The fourth-order valence-corrected chi connectivity index (χ4v) is 2.10. The average molecular weight is 334 g/mol. The Bertz CT molecular complexity index is 772. The van der Waals surface area contributed by atoms with Crippen LogP contribution in [0.2, 0.25) is 0 Å². The van der Waals surface area contributed by atoms with Crippen molar-refractivity contribution >= 4 is 17.3 Å². The van der Waals surface area contributed by atoms with Crippen LogP contribution in [0, 0.1) is 20.2 Å². The Labute approximate surface area is 135 Å². The molecule has 1 heterocycles. The number of aromatic hydroxyl groups is 1. The molecule has 10 heteroatoms. The van der Waals surface area contributed by atoms with Gasteiger partial charge in [0.05, 0.1) is 21.5 Å². The third-order valence-electron chi connectivity index (χ3n) is 3.27. The van der Waals surface area contributed by atoms with E-state index in [2.05, 4.69) is 5.32 Å². The van der Waals surface area contributed by atoms with Gasteiger partial charge in [-0.05, 0) is 18.6 Å². The number of benzene rings is 1. The normalized spacial score (nSPS) is 10.3. The maximum absolute atomic E-state index is 12.1. The summed E-state index contributed by atoms with van der Waals surface area (Å²) in [7, 11) is 0. The number of rotatable bonds is 7. The van der Waals surface area contributed by atoms with Crippen molar-refractivity contribution in [1.29, 1.82) is 0 Å². The Balaban J connectivity index is 2.09. The molecular formula is C14H14N4O6. The van der Waals surface area contributed by atoms with E-state index < -0.39 is 38.4 Å². The zero-order valence-electron chi connectivity index (χ0n) is 12.4. The van der Waals surface area contributed by atoms with Gasteiger partial charge in [0.15, 0.2) is 0 Å². The number of nitrogens with zero attached hydrogens (tertiary/aromatic N) is 3. The van der Waals surface area contributed by atoms with Gasteiger partial charge in [0.2, 0.25) is 5.75 Å². The van der Waals surface area contributed by atoms with Gasteiger partial charge < -0.3 is 15.0 Å². The van der Waals surface area contributed by atoms with Crippen molar-refractivity contribution in [2.45, 2.75) is 13.0 Å². The number of nitrogens with one attached hydrogen (secondary N) is 1. The van der Waals surface area contributed by atoms with E-state index in [-0.39, 0.29) is 6.54 Å². The highest BCUT2D eigenvalue weighted by molar-refractivity contribution is 5.98. The highest BCUT2D eigenvalue weighted by atomic mass is 16.6. The lowest BCUT2D eigenvalue weighted by molar-refractivity contribution is -0.394. The zero-order chi connectivity index (χ0) is 17.7. The third-order valence-corrected chi connectivity index (χ3v) is 3.27. The van der Waals surface area contributed by atoms with Crippen LogP contribution >= 0.6 is 0 Å². The van der Waals surface area contributed by atoms with Crippen LogP contribution in [0.3, 0.4) is 0 Å². The second kappa shape index (κ2) is 7.22. The lowest BCUT2D eigenvalue weighted by Gasteiger charge is -2.08. The summed E-state index contributed by atoms with van der Waals surface area (Å²) in [5, 5.41) is 34.0. The average Bonchev–Trinajstić information content (AvgIpc) is 3.04. The van der Waals surface area contributed by atoms with Gasteiger partial charge in [-0.1, -0.05) is 0 Å². The number of amides is 1. The molecule has 1 aromatic heterocycles. The minimum Gasteiger partial charge on any atom is -0.502 e. The molecule has 2 aromatic rings. The SMILES string of the molecule is O=C(NCCCn1cccc1)c1cc([N+](=O)[O-])cc([N+](=O)[O-])c1O. The molecule has 2 N–H and O–H groups in total. The summed E-state index contributed by atoms with van der Waals surface area (Å²) in [5.41, 5.74) is -2.03. The van der Waals surface area contributed by atoms with Crippen LogP contribution in [-0.2, 0) is 6.54 Å². The summed E-state index contributed by atoms with van der Waals surface area (Å²) in [4.78, 5) is 31.9. The van der Waals surface area contributed by atoms with Gasteiger partial charge in [-0.15, -0.1) is 0 Å². The van der Waals surface area contributed by atoms with E-state index in [1.54, 1.807) is 0 Å². The molecule has 10 nitrogen and oxygen atoms in total. The van der Waals surface area contributed by atoms with Crippen LogP contribution < -0.4 is 5.32 Å².